The molecule has 32 atom stereocenters. The summed E-state index contributed by atoms with van der Waals surface area (Å²) < 4.78 is 84.9. The zero-order valence-corrected chi connectivity index (χ0v) is 48.2. The van der Waals surface area contributed by atoms with Crippen LogP contribution in [-0.4, -0.2) is 257 Å². The summed E-state index contributed by atoms with van der Waals surface area (Å²) in [7, 11) is 4.39. The second-order valence-corrected chi connectivity index (χ2v) is 24.9. The Morgan fingerprint density at radius 3 is 1.89 bits per heavy atom. The monoisotopic (exact) mass is 1160 g/mol. The molecule has 5 saturated heterocycles. The number of aliphatic hydroxyl groups is 10. The van der Waals surface area contributed by atoms with Crippen LogP contribution >= 0.6 is 0 Å². The lowest BCUT2D eigenvalue weighted by atomic mass is 9.46. The van der Waals surface area contributed by atoms with Crippen molar-refractivity contribution in [2.75, 3.05) is 34.5 Å². The molecule has 4 aliphatic carbocycles. The predicted octanol–water partition coefficient (Wildman–Crippen LogP) is -0.812. The molecule has 0 aromatic heterocycles. The van der Waals surface area contributed by atoms with E-state index >= 15 is 0 Å². The van der Waals surface area contributed by atoms with E-state index in [-0.39, 0.29) is 23.4 Å². The lowest BCUT2D eigenvalue weighted by Gasteiger charge is -2.60. The van der Waals surface area contributed by atoms with Crippen molar-refractivity contribution in [3.63, 3.8) is 0 Å². The van der Waals surface area contributed by atoms with Crippen LogP contribution in [-0.2, 0) is 71.1 Å². The first-order chi connectivity index (χ1) is 38.3. The number of fused-ring (bicyclic) bond motifs is 5. The molecule has 0 spiro atoms. The predicted molar refractivity (Wildman–Crippen MR) is 276 cm³/mol. The van der Waals surface area contributed by atoms with Crippen LogP contribution < -0.4 is 0 Å². The van der Waals surface area contributed by atoms with Gasteiger partial charge in [-0.1, -0.05) is 25.5 Å². The molecule has 0 unspecified atom stereocenters. The fourth-order valence-electron chi connectivity index (χ4n) is 15.6. The molecule has 0 bridgehead atoms. The molecular formula is C56H92O25. The maximum Gasteiger partial charge on any atom is 0.303 e. The second-order valence-electron chi connectivity index (χ2n) is 24.9. The first-order valence-corrected chi connectivity index (χ1v) is 29.1. The van der Waals surface area contributed by atoms with Crippen molar-refractivity contribution in [1.29, 1.82) is 0 Å². The number of esters is 1. The van der Waals surface area contributed by atoms with Gasteiger partial charge in [-0.25, -0.2) is 0 Å². The molecule has 0 aromatic carbocycles. The van der Waals surface area contributed by atoms with Gasteiger partial charge in [0, 0.05) is 40.1 Å². The van der Waals surface area contributed by atoms with Crippen LogP contribution in [0.15, 0.2) is 11.6 Å². The van der Waals surface area contributed by atoms with Gasteiger partial charge in [-0.05, 0) is 102 Å². The third-order valence-corrected chi connectivity index (χ3v) is 20.4. The number of carbonyl (C=O) groups is 1. The molecule has 10 N–H and O–H groups in total. The van der Waals surface area contributed by atoms with Crippen molar-refractivity contribution >= 4 is 5.97 Å². The van der Waals surface area contributed by atoms with E-state index in [9.17, 15) is 55.9 Å². The smallest absolute Gasteiger partial charge is 0.303 e. The van der Waals surface area contributed by atoms with Gasteiger partial charge < -0.3 is 117 Å². The number of hydrogen-bond acceptors (Lipinski definition) is 25. The highest BCUT2D eigenvalue weighted by molar-refractivity contribution is 5.66. The SMILES string of the molecule is CO[C@H]1[C@@H](O)[C@@H](C)O[C@@H](O[C@H]2[C@@H](OC)C[C@H](O[C@H]3CC[C@@]4(C)C(=CC[C@H]5[C@H]6CC[C@](O)([C@H](C)O[C@@H]7O[C@H](C)[C@H](O)[C@H](OC)[C@H]7O[C@@H]7O[C@H](CO[C@@H]8O[C@H](CO)[C@@H](O)[C@H](O)[C@H]8O)[C@@H](O)[C@H](O)[C@H]7O)[C@@]6(C)CC[C@@H]54)C3)O[C@@H]2C)[C@@H]1OC(C)=O. The fraction of sp³-hybridized carbons (Fsp3) is 0.946. The van der Waals surface area contributed by atoms with Crippen LogP contribution in [0, 0.1) is 28.6 Å². The quantitative estimate of drug-likeness (QED) is 0.0629. The Balaban J connectivity index is 0.832. The Hall–Kier alpha value is -1.71. The Morgan fingerprint density at radius 2 is 1.25 bits per heavy atom. The van der Waals surface area contributed by atoms with E-state index in [2.05, 4.69) is 19.9 Å². The van der Waals surface area contributed by atoms with Gasteiger partial charge >= 0.3 is 5.97 Å². The van der Waals surface area contributed by atoms with E-state index in [1.54, 1.807) is 27.9 Å². The van der Waals surface area contributed by atoms with E-state index in [0.29, 0.717) is 18.8 Å². The molecular weight excluding hydrogens is 1070 g/mol. The third-order valence-electron chi connectivity index (χ3n) is 20.4. The number of hydrogen-bond donors (Lipinski definition) is 10. The average Bonchev–Trinajstić information content (AvgIpc) is 3.53. The zero-order chi connectivity index (χ0) is 58.8. The molecule has 25 heteroatoms. The van der Waals surface area contributed by atoms with Crippen molar-refractivity contribution in [2.24, 2.45) is 28.6 Å². The van der Waals surface area contributed by atoms with Gasteiger partial charge in [0.05, 0.1) is 55.4 Å². The van der Waals surface area contributed by atoms with Crippen LogP contribution in [0.5, 0.6) is 0 Å². The zero-order valence-electron chi connectivity index (χ0n) is 48.2. The molecule has 25 nitrogen and oxygen atoms in total. The molecule has 3 saturated carbocycles. The summed E-state index contributed by atoms with van der Waals surface area (Å²) >= 11 is 0. The first-order valence-electron chi connectivity index (χ1n) is 29.1. The Bertz CT molecular complexity index is 2130. The topological polar surface area (TPSA) is 349 Å². The fourth-order valence-corrected chi connectivity index (χ4v) is 15.6. The van der Waals surface area contributed by atoms with Crippen LogP contribution in [0.4, 0.5) is 0 Å². The van der Waals surface area contributed by atoms with Gasteiger partial charge in [0.1, 0.15) is 85.5 Å². The molecule has 466 valence electrons. The van der Waals surface area contributed by atoms with E-state index in [0.717, 1.165) is 44.9 Å². The van der Waals surface area contributed by atoms with Crippen molar-refractivity contribution < 1.29 is 122 Å². The maximum atomic E-state index is 13.1. The van der Waals surface area contributed by atoms with Crippen molar-refractivity contribution in [3.05, 3.63) is 11.6 Å². The van der Waals surface area contributed by atoms with Gasteiger partial charge in [-0.2, -0.15) is 0 Å². The maximum absolute atomic E-state index is 13.1. The van der Waals surface area contributed by atoms with Gasteiger partial charge in [-0.3, -0.25) is 4.79 Å². The van der Waals surface area contributed by atoms with Gasteiger partial charge in [-0.15, -0.1) is 0 Å². The summed E-state index contributed by atoms with van der Waals surface area (Å²) in [4.78, 5) is 12.1. The van der Waals surface area contributed by atoms with Gasteiger partial charge in [0.25, 0.3) is 0 Å². The van der Waals surface area contributed by atoms with E-state index in [1.807, 2.05) is 6.92 Å². The minimum absolute atomic E-state index is 0.0853. The largest absolute Gasteiger partial charge is 0.454 e. The number of methoxy groups -OCH3 is 3. The van der Waals surface area contributed by atoms with Gasteiger partial charge in [0.15, 0.2) is 37.6 Å². The first kappa shape index (κ1) is 63.8. The Morgan fingerprint density at radius 1 is 0.642 bits per heavy atom. The summed E-state index contributed by atoms with van der Waals surface area (Å²) in [5.74, 6) is 0.235. The van der Waals surface area contributed by atoms with Crippen LogP contribution in [0.25, 0.3) is 0 Å². The standard InChI is InChI=1S/C56H92O25/c1-23-38(60)47(70-10)49(81-51-44(66)42(64)40(62)35(79-51)22-71-50-43(65)41(63)39(61)34(21-57)78-50)52(73-23)75-26(4)56(67)18-15-32-30-12-11-28-19-29(13-16-54(28,6)31(30)14-17-55(32,56)7)77-36-20-33(68-8)45(25(3)72-36)80-53-48(76-27(5)58)46(69-9)37(59)24(2)74-53/h11,23-26,29-53,57,59-67H,12-22H2,1-10H3/t23-,24-,25-,26+,29+,30-,31+,32-,33+,34-,35-,36+,37+,38+,39-,40-,41+,42+,43-,44-,45-,46+,47+,48-,49-,50-,51+,52+,53+,54+,55+,56+/m1/s1. The number of ether oxygens (including phenoxy) is 14. The number of rotatable bonds is 17. The highest BCUT2D eigenvalue weighted by Crippen LogP contribution is 2.68. The average molecular weight is 1170 g/mol. The second kappa shape index (κ2) is 25.6. The molecule has 9 aliphatic rings. The highest BCUT2D eigenvalue weighted by Gasteiger charge is 2.66. The summed E-state index contributed by atoms with van der Waals surface area (Å²) in [6.07, 6.45) is -21.4. The van der Waals surface area contributed by atoms with Crippen molar-refractivity contribution in [1.82, 2.24) is 0 Å². The van der Waals surface area contributed by atoms with E-state index in [1.165, 1.54) is 26.7 Å². The minimum atomic E-state index is -1.86. The molecule has 0 radical (unpaired) electrons. The lowest BCUT2D eigenvalue weighted by molar-refractivity contribution is -0.380. The lowest BCUT2D eigenvalue weighted by Crippen LogP contribution is -2.66. The minimum Gasteiger partial charge on any atom is -0.454 e. The molecule has 0 amide bonds. The highest BCUT2D eigenvalue weighted by atomic mass is 16.8. The molecule has 5 heterocycles. The summed E-state index contributed by atoms with van der Waals surface area (Å²) in [5, 5.41) is 109. The molecule has 0 aromatic rings. The van der Waals surface area contributed by atoms with Crippen LogP contribution in [0.1, 0.15) is 106 Å². The molecule has 5 aliphatic heterocycles. The Labute approximate surface area is 473 Å². The summed E-state index contributed by atoms with van der Waals surface area (Å²) in [6, 6.07) is 0. The molecule has 8 fully saturated rings. The number of carbonyl (C=O) groups excluding carboxylic acids is 1. The molecule has 81 heavy (non-hydrogen) atoms. The van der Waals surface area contributed by atoms with E-state index in [4.69, 9.17) is 66.3 Å². The van der Waals surface area contributed by atoms with Crippen LogP contribution in [0.3, 0.4) is 0 Å². The van der Waals surface area contributed by atoms with Crippen molar-refractivity contribution in [2.45, 2.75) is 271 Å². The summed E-state index contributed by atoms with van der Waals surface area (Å²) in [6.45, 7) is 11.5. The van der Waals surface area contributed by atoms with Gasteiger partial charge in [0.2, 0.25) is 0 Å². The van der Waals surface area contributed by atoms with Crippen molar-refractivity contribution in [3.8, 4) is 0 Å². The Kier molecular flexibility index (Phi) is 20.1. The summed E-state index contributed by atoms with van der Waals surface area (Å²) in [5.41, 5.74) is -0.626. The number of aliphatic hydroxyl groups excluding tert-OH is 9. The van der Waals surface area contributed by atoms with Crippen LogP contribution in [0.2, 0.25) is 0 Å². The third kappa shape index (κ3) is 11.9. The normalized spacial score (nSPS) is 52.5. The molecule has 9 rings (SSSR count). The number of allylic oxidation sites excluding steroid dienone is 1. The van der Waals surface area contributed by atoms with E-state index < -0.39 is 184 Å².